The summed E-state index contributed by atoms with van der Waals surface area (Å²) < 4.78 is 0. The minimum Gasteiger partial charge on any atom is -0.320 e. The van der Waals surface area contributed by atoms with Crippen molar-refractivity contribution in [1.29, 1.82) is 0 Å². The zero-order valence-corrected chi connectivity index (χ0v) is 18.9. The third-order valence-corrected chi connectivity index (χ3v) is 5.36. The fourth-order valence-electron chi connectivity index (χ4n) is 3.98. The second-order valence-electron chi connectivity index (χ2n) is 8.38. The van der Waals surface area contributed by atoms with Crippen molar-refractivity contribution in [3.63, 3.8) is 0 Å². The molecule has 1 aromatic heterocycles. The Morgan fingerprint density at radius 3 is 1.72 bits per heavy atom. The lowest BCUT2D eigenvalue weighted by Gasteiger charge is -2.30. The molecule has 162 valence electrons. The highest BCUT2D eigenvalue weighted by molar-refractivity contribution is 5.93. The fourth-order valence-corrected chi connectivity index (χ4v) is 3.98. The first-order valence-electron chi connectivity index (χ1n) is 11.0. The highest BCUT2D eigenvalue weighted by Gasteiger charge is 2.20. The standard InChI is InChI=1S/C27H28N4O/c1-18(2)31(19(3)4)27(32)28-22-15-16-23-24(17-22)30-26(21-13-9-6-10-14-21)25(29-23)20-11-7-5-8-12-20/h5-19H,1-4H3,(H,28,32). The van der Waals surface area contributed by atoms with E-state index in [0.717, 1.165) is 33.5 Å². The molecule has 2 amide bonds. The van der Waals surface area contributed by atoms with Gasteiger partial charge in [0, 0.05) is 28.9 Å². The second kappa shape index (κ2) is 9.18. The lowest BCUT2D eigenvalue weighted by molar-refractivity contribution is 0.178. The predicted octanol–water partition coefficient (Wildman–Crippen LogP) is 6.61. The topological polar surface area (TPSA) is 58.1 Å². The molecule has 3 aromatic carbocycles. The number of hydrogen-bond acceptors (Lipinski definition) is 3. The van der Waals surface area contributed by atoms with E-state index in [-0.39, 0.29) is 18.1 Å². The second-order valence-corrected chi connectivity index (χ2v) is 8.38. The Morgan fingerprint density at radius 1 is 0.719 bits per heavy atom. The average Bonchev–Trinajstić information content (AvgIpc) is 2.79. The normalized spacial score (nSPS) is 11.2. The van der Waals surface area contributed by atoms with E-state index in [1.165, 1.54) is 0 Å². The molecule has 1 heterocycles. The van der Waals surface area contributed by atoms with Gasteiger partial charge in [-0.25, -0.2) is 14.8 Å². The van der Waals surface area contributed by atoms with Crippen LogP contribution in [-0.4, -0.2) is 33.0 Å². The first kappa shape index (κ1) is 21.5. The van der Waals surface area contributed by atoms with Gasteiger partial charge in [0.2, 0.25) is 0 Å². The van der Waals surface area contributed by atoms with E-state index in [9.17, 15) is 4.79 Å². The molecule has 0 fully saturated rings. The van der Waals surface area contributed by atoms with Crippen LogP contribution in [-0.2, 0) is 0 Å². The van der Waals surface area contributed by atoms with E-state index in [1.54, 1.807) is 0 Å². The maximum absolute atomic E-state index is 12.8. The summed E-state index contributed by atoms with van der Waals surface area (Å²) in [6.45, 7) is 8.07. The van der Waals surface area contributed by atoms with Crippen molar-refractivity contribution in [2.45, 2.75) is 39.8 Å². The van der Waals surface area contributed by atoms with Gasteiger partial charge in [-0.2, -0.15) is 0 Å². The van der Waals surface area contributed by atoms with Crippen LogP contribution in [0.4, 0.5) is 10.5 Å². The minimum absolute atomic E-state index is 0.105. The Labute approximate surface area is 189 Å². The van der Waals surface area contributed by atoms with Crippen LogP contribution in [0.15, 0.2) is 78.9 Å². The zero-order valence-electron chi connectivity index (χ0n) is 18.9. The van der Waals surface area contributed by atoms with Gasteiger partial charge in [0.25, 0.3) is 0 Å². The lowest BCUT2D eigenvalue weighted by Crippen LogP contribution is -2.44. The van der Waals surface area contributed by atoms with Crippen LogP contribution in [0.25, 0.3) is 33.5 Å². The quantitative estimate of drug-likeness (QED) is 0.392. The summed E-state index contributed by atoms with van der Waals surface area (Å²) in [5.74, 6) is 0. The number of nitrogens with zero attached hydrogens (tertiary/aromatic N) is 3. The third-order valence-electron chi connectivity index (χ3n) is 5.36. The number of hydrogen-bond donors (Lipinski definition) is 1. The molecule has 5 nitrogen and oxygen atoms in total. The number of fused-ring (bicyclic) bond motifs is 1. The Hall–Kier alpha value is -3.73. The van der Waals surface area contributed by atoms with Crippen molar-refractivity contribution in [3.05, 3.63) is 78.9 Å². The van der Waals surface area contributed by atoms with Gasteiger partial charge in [-0.3, -0.25) is 0 Å². The first-order valence-corrected chi connectivity index (χ1v) is 11.0. The molecule has 0 unspecified atom stereocenters. The number of anilines is 1. The van der Waals surface area contributed by atoms with Crippen molar-refractivity contribution < 1.29 is 4.79 Å². The highest BCUT2D eigenvalue weighted by Crippen LogP contribution is 2.31. The van der Waals surface area contributed by atoms with E-state index in [4.69, 9.17) is 9.97 Å². The van der Waals surface area contributed by atoms with Crippen LogP contribution in [0.3, 0.4) is 0 Å². The summed E-state index contributed by atoms with van der Waals surface area (Å²) in [4.78, 5) is 24.6. The molecule has 0 saturated heterocycles. The predicted molar refractivity (Wildman–Crippen MR) is 132 cm³/mol. The van der Waals surface area contributed by atoms with Crippen LogP contribution in [0, 0.1) is 0 Å². The molecule has 0 saturated carbocycles. The Morgan fingerprint density at radius 2 is 1.22 bits per heavy atom. The summed E-state index contributed by atoms with van der Waals surface area (Å²) >= 11 is 0. The van der Waals surface area contributed by atoms with E-state index >= 15 is 0 Å². The number of carbonyl (C=O) groups excluding carboxylic acids is 1. The monoisotopic (exact) mass is 424 g/mol. The largest absolute Gasteiger partial charge is 0.322 e. The molecule has 0 aliphatic rings. The summed E-state index contributed by atoms with van der Waals surface area (Å²) in [6, 6.07) is 25.9. The smallest absolute Gasteiger partial charge is 0.320 e. The Bertz CT molecular complexity index is 1210. The van der Waals surface area contributed by atoms with Crippen molar-refractivity contribution in [2.24, 2.45) is 0 Å². The van der Waals surface area contributed by atoms with E-state index in [0.29, 0.717) is 5.69 Å². The minimum atomic E-state index is -0.119. The molecule has 0 atom stereocenters. The fraction of sp³-hybridized carbons (Fsp3) is 0.222. The van der Waals surface area contributed by atoms with Gasteiger partial charge in [-0.1, -0.05) is 60.7 Å². The maximum atomic E-state index is 12.8. The van der Waals surface area contributed by atoms with Gasteiger partial charge in [0.15, 0.2) is 0 Å². The van der Waals surface area contributed by atoms with Crippen LogP contribution >= 0.6 is 0 Å². The molecule has 0 aliphatic heterocycles. The SMILES string of the molecule is CC(C)N(C(=O)Nc1ccc2nc(-c3ccccc3)c(-c3ccccc3)nc2c1)C(C)C. The highest BCUT2D eigenvalue weighted by atomic mass is 16.2. The molecule has 5 heteroatoms. The number of urea groups is 1. The third kappa shape index (κ3) is 4.47. The number of nitrogens with one attached hydrogen (secondary N) is 1. The van der Waals surface area contributed by atoms with Crippen molar-refractivity contribution >= 4 is 22.8 Å². The van der Waals surface area contributed by atoms with Crippen LogP contribution < -0.4 is 5.32 Å². The number of rotatable bonds is 5. The molecule has 0 radical (unpaired) electrons. The molecule has 4 rings (SSSR count). The summed E-state index contributed by atoms with van der Waals surface area (Å²) in [5, 5.41) is 3.02. The average molecular weight is 425 g/mol. The van der Waals surface area contributed by atoms with Gasteiger partial charge in [0.1, 0.15) is 0 Å². The molecule has 4 aromatic rings. The molecule has 0 spiro atoms. The van der Waals surface area contributed by atoms with Gasteiger partial charge in [-0.05, 0) is 45.9 Å². The van der Waals surface area contributed by atoms with Gasteiger partial charge < -0.3 is 10.2 Å². The van der Waals surface area contributed by atoms with Crippen LogP contribution in [0.2, 0.25) is 0 Å². The molecule has 0 aliphatic carbocycles. The van der Waals surface area contributed by atoms with Crippen molar-refractivity contribution in [1.82, 2.24) is 14.9 Å². The molecular formula is C27H28N4O. The van der Waals surface area contributed by atoms with Gasteiger partial charge in [0.05, 0.1) is 22.4 Å². The van der Waals surface area contributed by atoms with Crippen molar-refractivity contribution in [2.75, 3.05) is 5.32 Å². The molecule has 0 bridgehead atoms. The van der Waals surface area contributed by atoms with Gasteiger partial charge >= 0.3 is 6.03 Å². The number of aromatic nitrogens is 2. The molecular weight excluding hydrogens is 396 g/mol. The van der Waals surface area contributed by atoms with Crippen LogP contribution in [0.5, 0.6) is 0 Å². The van der Waals surface area contributed by atoms with E-state index in [1.807, 2.05) is 111 Å². The maximum Gasteiger partial charge on any atom is 0.322 e. The molecule has 32 heavy (non-hydrogen) atoms. The summed E-state index contributed by atoms with van der Waals surface area (Å²) in [6.07, 6.45) is 0. The summed E-state index contributed by atoms with van der Waals surface area (Å²) in [7, 11) is 0. The first-order chi connectivity index (χ1) is 15.4. The molecule has 1 N–H and O–H groups in total. The number of carbonyl (C=O) groups is 1. The summed E-state index contributed by atoms with van der Waals surface area (Å²) in [5.41, 5.74) is 5.90. The Kier molecular flexibility index (Phi) is 6.17. The lowest BCUT2D eigenvalue weighted by atomic mass is 10.0. The number of amides is 2. The van der Waals surface area contributed by atoms with Crippen LogP contribution in [0.1, 0.15) is 27.7 Å². The van der Waals surface area contributed by atoms with E-state index in [2.05, 4.69) is 5.32 Å². The van der Waals surface area contributed by atoms with E-state index < -0.39 is 0 Å². The van der Waals surface area contributed by atoms with Crippen molar-refractivity contribution in [3.8, 4) is 22.5 Å². The van der Waals surface area contributed by atoms with Gasteiger partial charge in [-0.15, -0.1) is 0 Å². The number of benzene rings is 3. The zero-order chi connectivity index (χ0) is 22.7. The Balaban J connectivity index is 1.78.